The average molecular weight is 292 g/mol. The molecule has 0 radical (unpaired) electrons. The van der Waals surface area contributed by atoms with Crippen LogP contribution in [-0.2, 0) is 6.42 Å². The van der Waals surface area contributed by atoms with Gasteiger partial charge in [0.25, 0.3) is 5.92 Å². The van der Waals surface area contributed by atoms with Crippen molar-refractivity contribution < 1.29 is 13.9 Å². The van der Waals surface area contributed by atoms with Crippen molar-refractivity contribution in [3.05, 3.63) is 29.3 Å². The van der Waals surface area contributed by atoms with Crippen LogP contribution in [0.25, 0.3) is 0 Å². The Morgan fingerprint density at radius 2 is 1.95 bits per heavy atom. The number of alkyl halides is 2. The van der Waals surface area contributed by atoms with Gasteiger partial charge in [-0.3, -0.25) is 0 Å². The molecule has 0 heterocycles. The fraction of sp³-hybridized carbons (Fsp3) is 0.667. The highest BCUT2D eigenvalue weighted by molar-refractivity contribution is 5.40. The molecule has 0 bridgehead atoms. The Hall–Kier alpha value is -1.12. The second-order valence-corrected chi connectivity index (χ2v) is 7.50. The largest absolute Gasteiger partial charge is 0.508 e. The quantitative estimate of drug-likeness (QED) is 0.722. The summed E-state index contributed by atoms with van der Waals surface area (Å²) in [7, 11) is 0. The number of aryl methyl sites for hydroxylation is 1. The van der Waals surface area contributed by atoms with Gasteiger partial charge in [0, 0.05) is 11.8 Å². The average Bonchev–Trinajstić information content (AvgIpc) is 2.69. The molecule has 0 spiro atoms. The smallest absolute Gasteiger partial charge is 0.253 e. The maximum atomic E-state index is 14.3. The number of hydrogen-bond donors (Lipinski definition) is 1. The highest BCUT2D eigenvalue weighted by Gasteiger charge is 2.63. The van der Waals surface area contributed by atoms with Crippen molar-refractivity contribution in [3.63, 3.8) is 0 Å². The van der Waals surface area contributed by atoms with Crippen LogP contribution < -0.4 is 0 Å². The Balaban J connectivity index is 1.72. The molecule has 1 N–H and O–H groups in total. The zero-order valence-corrected chi connectivity index (χ0v) is 12.4. The van der Waals surface area contributed by atoms with E-state index in [9.17, 15) is 13.9 Å². The molecule has 2 saturated carbocycles. The van der Waals surface area contributed by atoms with Gasteiger partial charge in [-0.25, -0.2) is 8.78 Å². The van der Waals surface area contributed by atoms with Crippen molar-refractivity contribution >= 4 is 0 Å². The lowest BCUT2D eigenvalue weighted by atomic mass is 9.55. The van der Waals surface area contributed by atoms with E-state index in [1.54, 1.807) is 6.07 Å². The molecular formula is C18H22F2O. The van der Waals surface area contributed by atoms with Crippen LogP contribution in [0, 0.1) is 17.3 Å². The molecule has 3 heteroatoms. The van der Waals surface area contributed by atoms with Crippen LogP contribution in [0.5, 0.6) is 5.75 Å². The monoisotopic (exact) mass is 292 g/mol. The molecule has 0 aliphatic heterocycles. The maximum absolute atomic E-state index is 14.3. The Kier molecular flexibility index (Phi) is 2.71. The molecule has 3 aliphatic carbocycles. The van der Waals surface area contributed by atoms with E-state index in [1.165, 1.54) is 11.1 Å². The fourth-order valence-electron chi connectivity index (χ4n) is 5.50. The third-order valence-corrected chi connectivity index (χ3v) is 6.70. The summed E-state index contributed by atoms with van der Waals surface area (Å²) in [5.74, 6) is -1.19. The summed E-state index contributed by atoms with van der Waals surface area (Å²) in [5, 5.41) is 9.64. The number of rotatable bonds is 0. The third kappa shape index (κ3) is 1.72. The van der Waals surface area contributed by atoms with Gasteiger partial charge < -0.3 is 5.11 Å². The third-order valence-electron chi connectivity index (χ3n) is 6.70. The van der Waals surface area contributed by atoms with E-state index < -0.39 is 11.3 Å². The van der Waals surface area contributed by atoms with E-state index in [0.29, 0.717) is 30.4 Å². The van der Waals surface area contributed by atoms with Crippen LogP contribution in [0.1, 0.15) is 56.1 Å². The number of hydrogen-bond acceptors (Lipinski definition) is 1. The number of benzene rings is 1. The molecule has 21 heavy (non-hydrogen) atoms. The van der Waals surface area contributed by atoms with Crippen LogP contribution in [0.15, 0.2) is 18.2 Å². The van der Waals surface area contributed by atoms with Gasteiger partial charge in [0.05, 0.1) is 0 Å². The van der Waals surface area contributed by atoms with E-state index in [2.05, 4.69) is 0 Å². The summed E-state index contributed by atoms with van der Waals surface area (Å²) >= 11 is 0. The molecule has 4 rings (SSSR count). The summed E-state index contributed by atoms with van der Waals surface area (Å²) in [6, 6.07) is 5.64. The van der Waals surface area contributed by atoms with E-state index in [4.69, 9.17) is 0 Å². The minimum Gasteiger partial charge on any atom is -0.508 e. The highest BCUT2D eigenvalue weighted by Crippen LogP contribution is 2.65. The standard InChI is InChI=1S/C18H22F2O/c1-17-8-6-14-13-5-3-12(21)10-11(13)2-4-15(14)16(17)7-9-18(17,19)20/h3,5,10,14-16,21H,2,4,6-9H2,1H3/t14?,15?,16?,17-/m0/s1. The van der Waals surface area contributed by atoms with Crippen molar-refractivity contribution in [2.45, 2.75) is 57.3 Å². The van der Waals surface area contributed by atoms with Crippen molar-refractivity contribution in [1.82, 2.24) is 0 Å². The van der Waals surface area contributed by atoms with Gasteiger partial charge in [0.2, 0.25) is 0 Å². The first-order valence-corrected chi connectivity index (χ1v) is 8.12. The Morgan fingerprint density at radius 3 is 2.76 bits per heavy atom. The summed E-state index contributed by atoms with van der Waals surface area (Å²) < 4.78 is 28.7. The zero-order valence-electron chi connectivity index (χ0n) is 12.4. The molecule has 2 fully saturated rings. The first-order chi connectivity index (χ1) is 9.92. The summed E-state index contributed by atoms with van der Waals surface area (Å²) in [6.07, 6.45) is 4.16. The highest BCUT2D eigenvalue weighted by atomic mass is 19.3. The van der Waals surface area contributed by atoms with Crippen LogP contribution in [0.2, 0.25) is 0 Å². The van der Waals surface area contributed by atoms with Gasteiger partial charge in [0.1, 0.15) is 5.75 Å². The summed E-state index contributed by atoms with van der Waals surface area (Å²) in [6.45, 7) is 1.83. The molecule has 1 aromatic carbocycles. The second kappa shape index (κ2) is 4.21. The number of aromatic hydroxyl groups is 1. The lowest BCUT2D eigenvalue weighted by molar-refractivity contribution is -0.132. The normalized spacial score (nSPS) is 40.2. The van der Waals surface area contributed by atoms with Gasteiger partial charge in [-0.1, -0.05) is 13.0 Å². The lowest BCUT2D eigenvalue weighted by Gasteiger charge is -2.50. The van der Waals surface area contributed by atoms with Crippen LogP contribution >= 0.6 is 0 Å². The maximum Gasteiger partial charge on any atom is 0.253 e. The van der Waals surface area contributed by atoms with Crippen molar-refractivity contribution in [2.75, 3.05) is 0 Å². The van der Waals surface area contributed by atoms with Gasteiger partial charge >= 0.3 is 0 Å². The van der Waals surface area contributed by atoms with E-state index in [0.717, 1.165) is 19.3 Å². The molecule has 3 unspecified atom stereocenters. The lowest BCUT2D eigenvalue weighted by Crippen LogP contribution is -2.46. The molecule has 1 aromatic rings. The van der Waals surface area contributed by atoms with Crippen molar-refractivity contribution in [1.29, 1.82) is 0 Å². The molecule has 3 aliphatic rings. The van der Waals surface area contributed by atoms with Gasteiger partial charge in [-0.05, 0) is 73.1 Å². The molecule has 0 aromatic heterocycles. The summed E-state index contributed by atoms with van der Waals surface area (Å²) in [4.78, 5) is 0. The predicted molar refractivity (Wildman–Crippen MR) is 77.7 cm³/mol. The van der Waals surface area contributed by atoms with Gasteiger partial charge in [0.15, 0.2) is 0 Å². The Bertz CT molecular complexity index is 583. The number of halogens is 2. The SMILES string of the molecule is C[C@]12CCC3c4ccc(O)cc4CCC3C1CCC2(F)F. The topological polar surface area (TPSA) is 20.2 Å². The van der Waals surface area contributed by atoms with Crippen LogP contribution in [0.4, 0.5) is 8.78 Å². The number of fused-ring (bicyclic) bond motifs is 5. The molecular weight excluding hydrogens is 270 g/mol. The molecule has 114 valence electrons. The fourth-order valence-corrected chi connectivity index (χ4v) is 5.50. The zero-order chi connectivity index (χ0) is 14.8. The Morgan fingerprint density at radius 1 is 1.14 bits per heavy atom. The van der Waals surface area contributed by atoms with Gasteiger partial charge in [-0.15, -0.1) is 0 Å². The number of phenolic OH excluding ortho intramolecular Hbond substituents is 1. The molecule has 4 atom stereocenters. The second-order valence-electron chi connectivity index (χ2n) is 7.50. The van der Waals surface area contributed by atoms with Gasteiger partial charge in [-0.2, -0.15) is 0 Å². The minimum atomic E-state index is -2.49. The van der Waals surface area contributed by atoms with Crippen molar-refractivity contribution in [3.8, 4) is 5.75 Å². The van der Waals surface area contributed by atoms with E-state index >= 15 is 0 Å². The predicted octanol–water partition coefficient (Wildman–Crippen LogP) is 4.88. The first-order valence-electron chi connectivity index (χ1n) is 8.12. The van der Waals surface area contributed by atoms with E-state index in [1.807, 2.05) is 19.1 Å². The number of phenols is 1. The molecule has 0 saturated heterocycles. The summed E-state index contributed by atoms with van der Waals surface area (Å²) in [5.41, 5.74) is 1.74. The van der Waals surface area contributed by atoms with Crippen LogP contribution in [-0.4, -0.2) is 11.0 Å². The van der Waals surface area contributed by atoms with Crippen molar-refractivity contribution in [2.24, 2.45) is 17.3 Å². The van der Waals surface area contributed by atoms with E-state index in [-0.39, 0.29) is 12.3 Å². The Labute approximate surface area is 124 Å². The minimum absolute atomic E-state index is 0.0693. The van der Waals surface area contributed by atoms with Crippen LogP contribution in [0.3, 0.4) is 0 Å². The molecule has 1 nitrogen and oxygen atoms in total. The molecule has 0 amide bonds. The first kappa shape index (κ1) is 13.5.